The minimum atomic E-state index is -0.650. The first-order valence-corrected chi connectivity index (χ1v) is 17.8. The first-order chi connectivity index (χ1) is 19.3. The minimum absolute atomic E-state index is 0.344. The minimum Gasteiger partial charge on any atom is -0.481 e. The van der Waals surface area contributed by atoms with Gasteiger partial charge in [0.25, 0.3) is 0 Å². The van der Waals surface area contributed by atoms with Crippen molar-refractivity contribution in [1.29, 1.82) is 0 Å². The Morgan fingerprint density at radius 3 is 0.897 bits per heavy atom. The molecule has 0 aromatic carbocycles. The summed E-state index contributed by atoms with van der Waals surface area (Å²) in [6, 6.07) is 0. The number of rotatable bonds is 33. The van der Waals surface area contributed by atoms with Crippen LogP contribution in [0.25, 0.3) is 0 Å². The van der Waals surface area contributed by atoms with E-state index in [1.54, 1.807) is 0 Å². The maximum absolute atomic E-state index is 10.5. The number of carbonyl (C=O) groups is 1. The van der Waals surface area contributed by atoms with Crippen LogP contribution in [0.4, 0.5) is 0 Å². The van der Waals surface area contributed by atoms with Gasteiger partial charge in [-0.1, -0.05) is 166 Å². The highest BCUT2D eigenvalue weighted by molar-refractivity contribution is 5.66. The van der Waals surface area contributed by atoms with Crippen molar-refractivity contribution in [2.75, 3.05) is 0 Å². The summed E-state index contributed by atoms with van der Waals surface area (Å²) < 4.78 is 0. The Hall–Kier alpha value is -1.05. The fourth-order valence-corrected chi connectivity index (χ4v) is 5.41. The molecule has 39 heavy (non-hydrogen) atoms. The van der Waals surface area contributed by atoms with Crippen molar-refractivity contribution >= 4 is 5.97 Å². The van der Waals surface area contributed by atoms with Crippen LogP contribution >= 0.6 is 0 Å². The van der Waals surface area contributed by atoms with Gasteiger partial charge in [-0.15, -0.1) is 0 Å². The molecule has 0 unspecified atom stereocenters. The molecule has 0 radical (unpaired) electrons. The summed E-state index contributed by atoms with van der Waals surface area (Å²) >= 11 is 0. The molecule has 0 saturated heterocycles. The summed E-state index contributed by atoms with van der Waals surface area (Å²) in [7, 11) is 0. The van der Waals surface area contributed by atoms with E-state index >= 15 is 0 Å². The molecule has 0 rings (SSSR count). The molecule has 0 heterocycles. The normalized spacial score (nSPS) is 11.8. The van der Waals surface area contributed by atoms with Crippen molar-refractivity contribution in [3.63, 3.8) is 0 Å². The van der Waals surface area contributed by atoms with Crippen molar-refractivity contribution in [2.45, 2.75) is 206 Å². The fraction of sp³-hybridized carbons (Fsp3) is 0.865. The molecule has 230 valence electrons. The smallest absolute Gasteiger partial charge is 0.303 e. The van der Waals surface area contributed by atoms with E-state index in [-0.39, 0.29) is 0 Å². The summed E-state index contributed by atoms with van der Waals surface area (Å²) in [5, 5.41) is 8.63. The van der Waals surface area contributed by atoms with Crippen LogP contribution in [-0.2, 0) is 4.79 Å². The van der Waals surface area contributed by atoms with E-state index < -0.39 is 5.97 Å². The molecule has 0 spiro atoms. The van der Waals surface area contributed by atoms with Crippen molar-refractivity contribution in [2.24, 2.45) is 0 Å². The number of unbranched alkanes of at least 4 members (excludes halogenated alkanes) is 27. The Morgan fingerprint density at radius 1 is 0.385 bits per heavy atom. The lowest BCUT2D eigenvalue weighted by atomic mass is 10.0. The standard InChI is InChI=1S/C37H70O2/c1-2-3-4-5-6-7-8-9-10-11-12-13-14-15-16-17-18-19-20-21-22-23-24-25-26-27-28-29-30-31-32-33-34-35-36-37(38)39/h8-9,14-15H,2-7,10-13,16-36H2,1H3,(H,38,39)/b9-8+,15-14+. The number of aliphatic carboxylic acids is 1. The van der Waals surface area contributed by atoms with Gasteiger partial charge in [0.15, 0.2) is 0 Å². The Kier molecular flexibility index (Phi) is 34.0. The van der Waals surface area contributed by atoms with Crippen LogP contribution in [0, 0.1) is 0 Å². The summed E-state index contributed by atoms with van der Waals surface area (Å²) in [6.45, 7) is 2.28. The molecule has 2 nitrogen and oxygen atoms in total. The van der Waals surface area contributed by atoms with E-state index in [0.29, 0.717) is 6.42 Å². The van der Waals surface area contributed by atoms with Crippen molar-refractivity contribution in [3.05, 3.63) is 24.3 Å². The van der Waals surface area contributed by atoms with Crippen LogP contribution < -0.4 is 0 Å². The summed E-state index contributed by atoms with van der Waals surface area (Å²) in [6.07, 6.45) is 50.4. The van der Waals surface area contributed by atoms with Gasteiger partial charge in [0, 0.05) is 6.42 Å². The molecular formula is C37H70O2. The predicted octanol–water partition coefficient (Wildman–Crippen LogP) is 13.3. The van der Waals surface area contributed by atoms with E-state index in [2.05, 4.69) is 31.2 Å². The van der Waals surface area contributed by atoms with E-state index in [1.807, 2.05) is 0 Å². The van der Waals surface area contributed by atoms with Crippen molar-refractivity contribution in [3.8, 4) is 0 Å². The lowest BCUT2D eigenvalue weighted by Crippen LogP contribution is -1.93. The molecule has 0 amide bonds. The number of hydrogen-bond acceptors (Lipinski definition) is 1. The predicted molar refractivity (Wildman–Crippen MR) is 175 cm³/mol. The quantitative estimate of drug-likeness (QED) is 0.0656. The lowest BCUT2D eigenvalue weighted by molar-refractivity contribution is -0.137. The summed E-state index contributed by atoms with van der Waals surface area (Å²) in [4.78, 5) is 10.5. The fourth-order valence-electron chi connectivity index (χ4n) is 5.41. The molecule has 0 atom stereocenters. The van der Waals surface area contributed by atoms with Gasteiger partial charge in [-0.3, -0.25) is 4.79 Å². The highest BCUT2D eigenvalue weighted by Crippen LogP contribution is 2.15. The van der Waals surface area contributed by atoms with Gasteiger partial charge in [0.05, 0.1) is 0 Å². The Labute approximate surface area is 245 Å². The largest absolute Gasteiger partial charge is 0.481 e. The molecule has 0 aliphatic rings. The zero-order valence-electron chi connectivity index (χ0n) is 26.6. The van der Waals surface area contributed by atoms with Gasteiger partial charge in [0.1, 0.15) is 0 Å². The average molecular weight is 547 g/mol. The van der Waals surface area contributed by atoms with Crippen molar-refractivity contribution < 1.29 is 9.90 Å². The topological polar surface area (TPSA) is 37.3 Å². The Balaban J connectivity index is 3.12. The number of carboxylic acids is 1. The third kappa shape index (κ3) is 37.0. The highest BCUT2D eigenvalue weighted by atomic mass is 16.4. The van der Waals surface area contributed by atoms with Crippen LogP contribution in [0.2, 0.25) is 0 Å². The second-order valence-electron chi connectivity index (χ2n) is 12.1. The van der Waals surface area contributed by atoms with E-state index in [0.717, 1.165) is 12.8 Å². The first-order valence-electron chi connectivity index (χ1n) is 17.8. The second-order valence-corrected chi connectivity index (χ2v) is 12.1. The zero-order valence-corrected chi connectivity index (χ0v) is 26.6. The number of hydrogen-bond donors (Lipinski definition) is 1. The zero-order chi connectivity index (χ0) is 28.3. The maximum atomic E-state index is 10.5. The molecule has 0 aromatic rings. The van der Waals surface area contributed by atoms with Gasteiger partial charge in [-0.05, 0) is 57.8 Å². The van der Waals surface area contributed by atoms with Crippen LogP contribution in [0.3, 0.4) is 0 Å². The molecular weight excluding hydrogens is 476 g/mol. The SMILES string of the molecule is CCCCCCC/C=C/CCCC/C=C/CCCCCCCCCCCCCCCCCCCCCC(=O)O. The lowest BCUT2D eigenvalue weighted by Gasteiger charge is -2.04. The molecule has 1 N–H and O–H groups in total. The van der Waals surface area contributed by atoms with E-state index in [1.165, 1.54) is 180 Å². The van der Waals surface area contributed by atoms with Gasteiger partial charge in [-0.2, -0.15) is 0 Å². The number of carboxylic acid groups (broad SMARTS) is 1. The van der Waals surface area contributed by atoms with Gasteiger partial charge in [0.2, 0.25) is 0 Å². The Morgan fingerprint density at radius 2 is 0.615 bits per heavy atom. The van der Waals surface area contributed by atoms with Gasteiger partial charge in [-0.25, -0.2) is 0 Å². The molecule has 0 aliphatic heterocycles. The number of allylic oxidation sites excluding steroid dienone is 4. The van der Waals surface area contributed by atoms with Gasteiger partial charge >= 0.3 is 5.97 Å². The van der Waals surface area contributed by atoms with Crippen LogP contribution in [0.1, 0.15) is 206 Å². The first kappa shape index (κ1) is 38.0. The van der Waals surface area contributed by atoms with Crippen LogP contribution in [-0.4, -0.2) is 11.1 Å². The second kappa shape index (κ2) is 35.0. The molecule has 2 heteroatoms. The highest BCUT2D eigenvalue weighted by Gasteiger charge is 1.97. The van der Waals surface area contributed by atoms with Crippen LogP contribution in [0.15, 0.2) is 24.3 Å². The molecule has 0 saturated carbocycles. The van der Waals surface area contributed by atoms with E-state index in [9.17, 15) is 4.79 Å². The van der Waals surface area contributed by atoms with Gasteiger partial charge < -0.3 is 5.11 Å². The van der Waals surface area contributed by atoms with E-state index in [4.69, 9.17) is 5.11 Å². The summed E-state index contributed by atoms with van der Waals surface area (Å²) in [5.74, 6) is -0.650. The average Bonchev–Trinajstić information content (AvgIpc) is 2.93. The maximum Gasteiger partial charge on any atom is 0.303 e. The van der Waals surface area contributed by atoms with Crippen LogP contribution in [0.5, 0.6) is 0 Å². The monoisotopic (exact) mass is 547 g/mol. The molecule has 0 bridgehead atoms. The third-order valence-corrected chi connectivity index (χ3v) is 8.06. The molecule has 0 aromatic heterocycles. The summed E-state index contributed by atoms with van der Waals surface area (Å²) in [5.41, 5.74) is 0. The Bertz CT molecular complexity index is 522. The molecule has 0 fully saturated rings. The van der Waals surface area contributed by atoms with Crippen molar-refractivity contribution in [1.82, 2.24) is 0 Å². The third-order valence-electron chi connectivity index (χ3n) is 8.06. The molecule has 0 aliphatic carbocycles.